The van der Waals surface area contributed by atoms with Crippen molar-refractivity contribution in [3.05, 3.63) is 42.2 Å². The van der Waals surface area contributed by atoms with Crippen LogP contribution in [0.5, 0.6) is 17.5 Å². The fraction of sp³-hybridized carbons (Fsp3) is 0.0833. The zero-order valence-electron chi connectivity index (χ0n) is 9.12. The zero-order valence-corrected chi connectivity index (χ0v) is 9.12. The number of ether oxygens (including phenoxy) is 2. The zero-order chi connectivity index (χ0) is 12.1. The highest BCUT2D eigenvalue weighted by molar-refractivity contribution is 5.44. The van der Waals surface area contributed by atoms with Crippen LogP contribution in [-0.4, -0.2) is 17.1 Å². The molecule has 0 saturated carbocycles. The van der Waals surface area contributed by atoms with E-state index in [1.807, 2.05) is 6.07 Å². The highest BCUT2D eigenvalue weighted by Crippen LogP contribution is 2.25. The summed E-state index contributed by atoms with van der Waals surface area (Å²) in [6, 6.07) is 8.83. The van der Waals surface area contributed by atoms with Gasteiger partial charge in [0.2, 0.25) is 0 Å². The number of nitriles is 1. The predicted molar refractivity (Wildman–Crippen MR) is 59.8 cm³/mol. The van der Waals surface area contributed by atoms with E-state index in [1.54, 1.807) is 36.7 Å². The normalized spacial score (nSPS) is 9.41. The molecule has 0 aliphatic heterocycles. The standard InChI is InChI=1S/C12H9N3O2/c1-16-10-5-9(8-13)6-11(7-10)17-12-14-3-2-4-15-12/h2-7H,1H3. The number of rotatable bonds is 3. The van der Waals surface area contributed by atoms with Crippen molar-refractivity contribution in [2.75, 3.05) is 7.11 Å². The maximum atomic E-state index is 8.86. The lowest BCUT2D eigenvalue weighted by Crippen LogP contribution is -1.92. The second-order valence-corrected chi connectivity index (χ2v) is 3.14. The Morgan fingerprint density at radius 2 is 1.82 bits per heavy atom. The molecule has 84 valence electrons. The van der Waals surface area contributed by atoms with E-state index in [-0.39, 0.29) is 6.01 Å². The summed E-state index contributed by atoms with van der Waals surface area (Å²) in [5, 5.41) is 8.86. The average Bonchev–Trinajstić information content (AvgIpc) is 2.39. The molecule has 0 saturated heterocycles. The van der Waals surface area contributed by atoms with E-state index in [9.17, 15) is 0 Å². The van der Waals surface area contributed by atoms with Gasteiger partial charge in [-0.25, -0.2) is 9.97 Å². The van der Waals surface area contributed by atoms with Crippen LogP contribution >= 0.6 is 0 Å². The number of nitrogens with zero attached hydrogens (tertiary/aromatic N) is 3. The van der Waals surface area contributed by atoms with E-state index in [4.69, 9.17) is 14.7 Å². The molecular weight excluding hydrogens is 218 g/mol. The van der Waals surface area contributed by atoms with E-state index in [2.05, 4.69) is 9.97 Å². The van der Waals surface area contributed by atoms with Crippen molar-refractivity contribution in [2.45, 2.75) is 0 Å². The molecule has 0 N–H and O–H groups in total. The van der Waals surface area contributed by atoms with Crippen LogP contribution in [0.3, 0.4) is 0 Å². The summed E-state index contributed by atoms with van der Waals surface area (Å²) in [7, 11) is 1.53. The van der Waals surface area contributed by atoms with E-state index in [0.29, 0.717) is 17.1 Å². The minimum Gasteiger partial charge on any atom is -0.497 e. The van der Waals surface area contributed by atoms with Gasteiger partial charge in [0.05, 0.1) is 18.7 Å². The second kappa shape index (κ2) is 4.94. The molecular formula is C12H9N3O2. The molecule has 0 radical (unpaired) electrons. The van der Waals surface area contributed by atoms with Gasteiger partial charge in [-0.3, -0.25) is 0 Å². The molecule has 17 heavy (non-hydrogen) atoms. The molecule has 0 atom stereocenters. The third kappa shape index (κ3) is 2.69. The smallest absolute Gasteiger partial charge is 0.321 e. The maximum absolute atomic E-state index is 8.86. The third-order valence-electron chi connectivity index (χ3n) is 2.00. The van der Waals surface area contributed by atoms with Crippen molar-refractivity contribution in [1.82, 2.24) is 9.97 Å². The van der Waals surface area contributed by atoms with Crippen LogP contribution < -0.4 is 9.47 Å². The van der Waals surface area contributed by atoms with Crippen molar-refractivity contribution in [3.8, 4) is 23.6 Å². The van der Waals surface area contributed by atoms with Crippen molar-refractivity contribution < 1.29 is 9.47 Å². The van der Waals surface area contributed by atoms with Crippen LogP contribution in [0.2, 0.25) is 0 Å². The summed E-state index contributed by atoms with van der Waals surface area (Å²) in [4.78, 5) is 7.86. The first-order valence-corrected chi connectivity index (χ1v) is 4.86. The summed E-state index contributed by atoms with van der Waals surface area (Å²) in [5.74, 6) is 1.02. The highest BCUT2D eigenvalue weighted by atomic mass is 16.5. The molecule has 2 aromatic rings. The Bertz CT molecular complexity index is 549. The number of benzene rings is 1. The van der Waals surface area contributed by atoms with Crippen molar-refractivity contribution in [3.63, 3.8) is 0 Å². The molecule has 0 fully saturated rings. The topological polar surface area (TPSA) is 68.0 Å². The SMILES string of the molecule is COc1cc(C#N)cc(Oc2ncccn2)c1. The van der Waals surface area contributed by atoms with Gasteiger partial charge < -0.3 is 9.47 Å². The largest absolute Gasteiger partial charge is 0.497 e. The molecule has 0 amide bonds. The monoisotopic (exact) mass is 227 g/mol. The van der Waals surface area contributed by atoms with E-state index in [0.717, 1.165) is 0 Å². The molecule has 1 aromatic carbocycles. The number of aromatic nitrogens is 2. The first kappa shape index (κ1) is 10.9. The van der Waals surface area contributed by atoms with Gasteiger partial charge in [-0.05, 0) is 18.2 Å². The Hall–Kier alpha value is -2.61. The Balaban J connectivity index is 2.30. The van der Waals surface area contributed by atoms with Crippen molar-refractivity contribution in [1.29, 1.82) is 5.26 Å². The predicted octanol–water partition coefficient (Wildman–Crippen LogP) is 2.15. The number of hydrogen-bond donors (Lipinski definition) is 0. The van der Waals surface area contributed by atoms with E-state index in [1.165, 1.54) is 7.11 Å². The van der Waals surface area contributed by atoms with Crippen LogP contribution in [-0.2, 0) is 0 Å². The van der Waals surface area contributed by atoms with Crippen LogP contribution in [0, 0.1) is 11.3 Å². The molecule has 0 aliphatic rings. The molecule has 0 unspecified atom stereocenters. The van der Waals surface area contributed by atoms with Gasteiger partial charge in [0.15, 0.2) is 0 Å². The molecule has 5 nitrogen and oxygen atoms in total. The first-order valence-electron chi connectivity index (χ1n) is 4.86. The van der Waals surface area contributed by atoms with Crippen LogP contribution in [0.4, 0.5) is 0 Å². The minimum absolute atomic E-state index is 0.227. The van der Waals surface area contributed by atoms with Gasteiger partial charge in [-0.2, -0.15) is 5.26 Å². The second-order valence-electron chi connectivity index (χ2n) is 3.14. The number of hydrogen-bond acceptors (Lipinski definition) is 5. The maximum Gasteiger partial charge on any atom is 0.321 e. The lowest BCUT2D eigenvalue weighted by molar-refractivity contribution is 0.404. The summed E-state index contributed by atoms with van der Waals surface area (Å²) < 4.78 is 10.5. The van der Waals surface area contributed by atoms with Gasteiger partial charge in [-0.1, -0.05) is 0 Å². The van der Waals surface area contributed by atoms with Gasteiger partial charge >= 0.3 is 6.01 Å². The lowest BCUT2D eigenvalue weighted by Gasteiger charge is -2.06. The summed E-state index contributed by atoms with van der Waals surface area (Å²) >= 11 is 0. The molecule has 5 heteroatoms. The van der Waals surface area contributed by atoms with E-state index < -0.39 is 0 Å². The summed E-state index contributed by atoms with van der Waals surface area (Å²) in [5.41, 5.74) is 0.454. The quantitative estimate of drug-likeness (QED) is 0.803. The van der Waals surface area contributed by atoms with E-state index >= 15 is 0 Å². The average molecular weight is 227 g/mol. The highest BCUT2D eigenvalue weighted by Gasteiger charge is 2.04. The molecule has 1 aromatic heterocycles. The molecule has 2 rings (SSSR count). The van der Waals surface area contributed by atoms with Crippen LogP contribution in [0.25, 0.3) is 0 Å². The minimum atomic E-state index is 0.227. The fourth-order valence-electron chi connectivity index (χ4n) is 1.26. The van der Waals surface area contributed by atoms with Gasteiger partial charge in [0, 0.05) is 18.5 Å². The molecule has 0 aliphatic carbocycles. The third-order valence-corrected chi connectivity index (χ3v) is 2.00. The number of methoxy groups -OCH3 is 1. The van der Waals surface area contributed by atoms with Gasteiger partial charge in [-0.15, -0.1) is 0 Å². The van der Waals surface area contributed by atoms with Gasteiger partial charge in [0.25, 0.3) is 0 Å². The Labute approximate surface area is 98.3 Å². The summed E-state index contributed by atoms with van der Waals surface area (Å²) in [6.07, 6.45) is 3.15. The van der Waals surface area contributed by atoms with Crippen molar-refractivity contribution >= 4 is 0 Å². The van der Waals surface area contributed by atoms with Crippen LogP contribution in [0.1, 0.15) is 5.56 Å². The fourth-order valence-corrected chi connectivity index (χ4v) is 1.26. The van der Waals surface area contributed by atoms with Crippen LogP contribution in [0.15, 0.2) is 36.7 Å². The van der Waals surface area contributed by atoms with Gasteiger partial charge in [0.1, 0.15) is 11.5 Å². The van der Waals surface area contributed by atoms with Crippen molar-refractivity contribution in [2.24, 2.45) is 0 Å². The summed E-state index contributed by atoms with van der Waals surface area (Å²) in [6.45, 7) is 0. The first-order chi connectivity index (χ1) is 8.31. The Kier molecular flexibility index (Phi) is 3.17. The Morgan fingerprint density at radius 3 is 2.47 bits per heavy atom. The molecule has 0 spiro atoms. The lowest BCUT2D eigenvalue weighted by atomic mass is 10.2. The molecule has 1 heterocycles. The Morgan fingerprint density at radius 1 is 1.12 bits per heavy atom. The molecule has 0 bridgehead atoms.